The summed E-state index contributed by atoms with van der Waals surface area (Å²) in [6, 6.07) is 5.35. The van der Waals surface area contributed by atoms with Gasteiger partial charge < -0.3 is 20.7 Å². The minimum absolute atomic E-state index is 0. The summed E-state index contributed by atoms with van der Waals surface area (Å²) in [5.74, 6) is -0.177. The molecule has 1 heterocycles. The van der Waals surface area contributed by atoms with Gasteiger partial charge in [-0.15, -0.1) is 12.4 Å². The van der Waals surface area contributed by atoms with Crippen LogP contribution in [-0.4, -0.2) is 49.6 Å². The Labute approximate surface area is 136 Å². The number of morpholine rings is 1. The molecule has 0 aromatic heterocycles. The number of halogens is 1. The first-order valence-electron chi connectivity index (χ1n) is 7.09. The molecular weight excluding hydrogens is 306 g/mol. The number of benzene rings is 1. The van der Waals surface area contributed by atoms with E-state index in [4.69, 9.17) is 10.5 Å². The van der Waals surface area contributed by atoms with Gasteiger partial charge in [-0.1, -0.05) is 6.07 Å². The van der Waals surface area contributed by atoms with Crippen molar-refractivity contribution in [2.45, 2.75) is 13.3 Å². The number of nitrogens with zero attached hydrogens (tertiary/aromatic N) is 1. The molecule has 6 nitrogen and oxygen atoms in total. The maximum atomic E-state index is 12.4. The second-order valence-electron chi connectivity index (χ2n) is 5.02. The van der Waals surface area contributed by atoms with E-state index in [1.54, 1.807) is 17.0 Å². The van der Waals surface area contributed by atoms with E-state index in [1.165, 1.54) is 0 Å². The molecule has 22 heavy (non-hydrogen) atoms. The lowest BCUT2D eigenvalue weighted by molar-refractivity contribution is -0.116. The van der Waals surface area contributed by atoms with E-state index in [-0.39, 0.29) is 30.6 Å². The Morgan fingerprint density at radius 1 is 1.32 bits per heavy atom. The molecule has 3 N–H and O–H groups in total. The summed E-state index contributed by atoms with van der Waals surface area (Å²) >= 11 is 0. The van der Waals surface area contributed by atoms with Crippen molar-refractivity contribution >= 4 is 29.9 Å². The SMILES string of the molecule is Cc1ccc(C(=O)N2CCOCC2)cc1NC(=O)CCN.Cl. The molecule has 2 amide bonds. The van der Waals surface area contributed by atoms with E-state index in [1.807, 2.05) is 13.0 Å². The van der Waals surface area contributed by atoms with Gasteiger partial charge in [-0.25, -0.2) is 0 Å². The largest absolute Gasteiger partial charge is 0.378 e. The van der Waals surface area contributed by atoms with E-state index in [9.17, 15) is 9.59 Å². The minimum atomic E-state index is -0.142. The van der Waals surface area contributed by atoms with Crippen molar-refractivity contribution in [3.8, 4) is 0 Å². The Morgan fingerprint density at radius 2 is 2.00 bits per heavy atom. The van der Waals surface area contributed by atoms with Crippen LogP contribution in [0.25, 0.3) is 0 Å². The van der Waals surface area contributed by atoms with E-state index < -0.39 is 0 Å². The Hall–Kier alpha value is -1.63. The number of carbonyl (C=O) groups excluding carboxylic acids is 2. The van der Waals surface area contributed by atoms with Gasteiger partial charge in [0.1, 0.15) is 0 Å². The molecule has 0 saturated carbocycles. The van der Waals surface area contributed by atoms with Gasteiger partial charge in [0.25, 0.3) is 5.91 Å². The molecule has 1 fully saturated rings. The highest BCUT2D eigenvalue weighted by molar-refractivity contribution is 5.97. The smallest absolute Gasteiger partial charge is 0.254 e. The monoisotopic (exact) mass is 327 g/mol. The third-order valence-electron chi connectivity index (χ3n) is 3.43. The fourth-order valence-corrected chi connectivity index (χ4v) is 2.18. The van der Waals surface area contributed by atoms with Gasteiger partial charge >= 0.3 is 0 Å². The number of carbonyl (C=O) groups is 2. The maximum absolute atomic E-state index is 12.4. The molecule has 0 bridgehead atoms. The number of nitrogens with two attached hydrogens (primary N) is 1. The van der Waals surface area contributed by atoms with E-state index in [0.29, 0.717) is 44.1 Å². The van der Waals surface area contributed by atoms with Crippen LogP contribution in [0.15, 0.2) is 18.2 Å². The van der Waals surface area contributed by atoms with Crippen LogP contribution >= 0.6 is 12.4 Å². The molecule has 2 rings (SSSR count). The molecule has 0 aliphatic carbocycles. The Bertz CT molecular complexity index is 531. The van der Waals surface area contributed by atoms with Gasteiger partial charge in [0.2, 0.25) is 5.91 Å². The average molecular weight is 328 g/mol. The van der Waals surface area contributed by atoms with Gasteiger partial charge in [0.15, 0.2) is 0 Å². The fourth-order valence-electron chi connectivity index (χ4n) is 2.18. The summed E-state index contributed by atoms with van der Waals surface area (Å²) in [6.45, 7) is 4.52. The Balaban J connectivity index is 0.00000242. The number of rotatable bonds is 4. The summed E-state index contributed by atoms with van der Waals surface area (Å²) in [5, 5.41) is 2.79. The van der Waals surface area contributed by atoms with Crippen molar-refractivity contribution in [1.82, 2.24) is 4.90 Å². The van der Waals surface area contributed by atoms with Crippen molar-refractivity contribution < 1.29 is 14.3 Å². The van der Waals surface area contributed by atoms with Crippen molar-refractivity contribution in [2.24, 2.45) is 5.73 Å². The molecule has 0 unspecified atom stereocenters. The van der Waals surface area contributed by atoms with Crippen molar-refractivity contribution in [3.05, 3.63) is 29.3 Å². The fraction of sp³-hybridized carbons (Fsp3) is 0.467. The van der Waals surface area contributed by atoms with Gasteiger partial charge in [-0.05, 0) is 24.6 Å². The summed E-state index contributed by atoms with van der Waals surface area (Å²) < 4.78 is 5.25. The lowest BCUT2D eigenvalue weighted by atomic mass is 10.1. The summed E-state index contributed by atoms with van der Waals surface area (Å²) in [4.78, 5) is 25.8. The first-order chi connectivity index (χ1) is 10.1. The topological polar surface area (TPSA) is 84.7 Å². The third-order valence-corrected chi connectivity index (χ3v) is 3.43. The van der Waals surface area contributed by atoms with Gasteiger partial charge in [0.05, 0.1) is 13.2 Å². The lowest BCUT2D eigenvalue weighted by Crippen LogP contribution is -2.40. The average Bonchev–Trinajstić information content (AvgIpc) is 2.50. The lowest BCUT2D eigenvalue weighted by Gasteiger charge is -2.27. The van der Waals surface area contributed by atoms with Crippen LogP contribution in [0.3, 0.4) is 0 Å². The van der Waals surface area contributed by atoms with Crippen LogP contribution in [0, 0.1) is 6.92 Å². The van der Waals surface area contributed by atoms with Crippen LogP contribution in [0.4, 0.5) is 5.69 Å². The molecule has 1 aliphatic rings. The van der Waals surface area contributed by atoms with Crippen molar-refractivity contribution in [2.75, 3.05) is 38.2 Å². The van der Waals surface area contributed by atoms with Crippen LogP contribution in [0.1, 0.15) is 22.3 Å². The van der Waals surface area contributed by atoms with Gasteiger partial charge in [-0.3, -0.25) is 9.59 Å². The highest BCUT2D eigenvalue weighted by atomic mass is 35.5. The summed E-state index contributed by atoms with van der Waals surface area (Å²) in [7, 11) is 0. The molecular formula is C15H22ClN3O3. The van der Waals surface area contributed by atoms with Crippen molar-refractivity contribution in [3.63, 3.8) is 0 Å². The minimum Gasteiger partial charge on any atom is -0.378 e. The third kappa shape index (κ3) is 4.69. The summed E-state index contributed by atoms with van der Waals surface area (Å²) in [5.41, 5.74) is 7.51. The molecule has 122 valence electrons. The molecule has 7 heteroatoms. The van der Waals surface area contributed by atoms with Crippen molar-refractivity contribution in [1.29, 1.82) is 0 Å². The van der Waals surface area contributed by atoms with Gasteiger partial charge in [-0.2, -0.15) is 0 Å². The number of ether oxygens (including phenoxy) is 1. The second-order valence-corrected chi connectivity index (χ2v) is 5.02. The molecule has 1 aromatic rings. The molecule has 1 saturated heterocycles. The first kappa shape index (κ1) is 18.4. The number of aryl methyl sites for hydroxylation is 1. The number of amides is 2. The van der Waals surface area contributed by atoms with E-state index in [0.717, 1.165) is 5.56 Å². The highest BCUT2D eigenvalue weighted by Gasteiger charge is 2.19. The summed E-state index contributed by atoms with van der Waals surface area (Å²) in [6.07, 6.45) is 0.265. The zero-order valence-electron chi connectivity index (χ0n) is 12.6. The quantitative estimate of drug-likeness (QED) is 0.869. The number of anilines is 1. The van der Waals surface area contributed by atoms with Crippen LogP contribution < -0.4 is 11.1 Å². The Morgan fingerprint density at radius 3 is 2.64 bits per heavy atom. The normalized spacial score (nSPS) is 14.2. The van der Waals surface area contributed by atoms with Crippen LogP contribution in [-0.2, 0) is 9.53 Å². The standard InChI is InChI=1S/C15H21N3O3.ClH/c1-11-2-3-12(10-13(11)17-14(19)4-5-16)15(20)18-6-8-21-9-7-18;/h2-3,10H,4-9,16H2,1H3,(H,17,19);1H. The molecule has 0 radical (unpaired) electrons. The molecule has 0 atom stereocenters. The molecule has 0 spiro atoms. The number of nitrogens with one attached hydrogen (secondary N) is 1. The molecule has 1 aliphatic heterocycles. The number of hydrogen-bond acceptors (Lipinski definition) is 4. The van der Waals surface area contributed by atoms with E-state index in [2.05, 4.69) is 5.32 Å². The van der Waals surface area contributed by atoms with Crippen LogP contribution in [0.2, 0.25) is 0 Å². The Kier molecular flexibility index (Phi) is 7.31. The zero-order valence-corrected chi connectivity index (χ0v) is 13.4. The highest BCUT2D eigenvalue weighted by Crippen LogP contribution is 2.19. The maximum Gasteiger partial charge on any atom is 0.254 e. The van der Waals surface area contributed by atoms with Gasteiger partial charge in [0, 0.05) is 37.3 Å². The molecule has 1 aromatic carbocycles. The number of hydrogen-bond donors (Lipinski definition) is 2. The first-order valence-corrected chi connectivity index (χ1v) is 7.09. The van der Waals surface area contributed by atoms with Crippen LogP contribution in [0.5, 0.6) is 0 Å². The zero-order chi connectivity index (χ0) is 15.2. The predicted molar refractivity (Wildman–Crippen MR) is 87.5 cm³/mol. The van der Waals surface area contributed by atoms with E-state index >= 15 is 0 Å². The predicted octanol–water partition coefficient (Wildman–Crippen LogP) is 1.18. The second kappa shape index (κ2) is 8.73.